The molecule has 6 heteroatoms. The zero-order valence-corrected chi connectivity index (χ0v) is 16.2. The summed E-state index contributed by atoms with van der Waals surface area (Å²) in [5.74, 6) is 2.28. The monoisotopic (exact) mass is 355 g/mol. The van der Waals surface area contributed by atoms with Crippen molar-refractivity contribution >= 4 is 22.8 Å². The summed E-state index contributed by atoms with van der Waals surface area (Å²) in [4.78, 5) is 14.2. The van der Waals surface area contributed by atoms with E-state index in [9.17, 15) is 0 Å². The molecule has 2 aromatic rings. The Balaban J connectivity index is 1.69. The number of ether oxygens (including phenoxy) is 1. The average Bonchev–Trinajstić information content (AvgIpc) is 2.59. The third-order valence-corrected chi connectivity index (χ3v) is 6.25. The van der Waals surface area contributed by atoms with Crippen molar-refractivity contribution in [2.24, 2.45) is 11.3 Å². The van der Waals surface area contributed by atoms with E-state index in [4.69, 9.17) is 14.7 Å². The van der Waals surface area contributed by atoms with E-state index in [-0.39, 0.29) is 5.41 Å². The minimum Gasteiger partial charge on any atom is -0.380 e. The van der Waals surface area contributed by atoms with Gasteiger partial charge in [0.1, 0.15) is 5.82 Å². The Hall–Kier alpha value is -1.95. The van der Waals surface area contributed by atoms with E-state index < -0.39 is 0 Å². The summed E-state index contributed by atoms with van der Waals surface area (Å²) in [7, 11) is 1.90. The highest BCUT2D eigenvalue weighted by Crippen LogP contribution is 2.46. The van der Waals surface area contributed by atoms with Gasteiger partial charge in [0.15, 0.2) is 5.65 Å². The van der Waals surface area contributed by atoms with Crippen molar-refractivity contribution < 1.29 is 4.74 Å². The first-order valence-electron chi connectivity index (χ1n) is 9.72. The predicted octanol–water partition coefficient (Wildman–Crippen LogP) is 3.69. The lowest BCUT2D eigenvalue weighted by molar-refractivity contribution is -0.142. The van der Waals surface area contributed by atoms with Gasteiger partial charge in [0, 0.05) is 24.2 Å². The van der Waals surface area contributed by atoms with Crippen molar-refractivity contribution in [3.8, 4) is 0 Å². The molecule has 2 unspecified atom stereocenters. The van der Waals surface area contributed by atoms with Crippen LogP contribution in [0.25, 0.3) is 11.0 Å². The number of aromatic nitrogens is 3. The van der Waals surface area contributed by atoms with Crippen LogP contribution in [0.3, 0.4) is 0 Å². The van der Waals surface area contributed by atoms with Gasteiger partial charge in [-0.15, -0.1) is 0 Å². The number of aryl methyl sites for hydroxylation is 2. The minimum absolute atomic E-state index is 0.250. The molecule has 2 aromatic heterocycles. The molecule has 2 aliphatic rings. The minimum atomic E-state index is 0.250. The van der Waals surface area contributed by atoms with Crippen LogP contribution in [0.2, 0.25) is 0 Å². The second-order valence-electron chi connectivity index (χ2n) is 8.03. The van der Waals surface area contributed by atoms with Crippen LogP contribution in [0.1, 0.15) is 43.9 Å². The summed E-state index contributed by atoms with van der Waals surface area (Å²) >= 11 is 0. The lowest BCUT2D eigenvalue weighted by Crippen LogP contribution is -2.57. The molecule has 1 saturated carbocycles. The van der Waals surface area contributed by atoms with Gasteiger partial charge in [-0.3, -0.25) is 0 Å². The molecule has 140 valence electrons. The van der Waals surface area contributed by atoms with Gasteiger partial charge in [-0.2, -0.15) is 9.97 Å². The zero-order chi connectivity index (χ0) is 18.3. The number of pyridine rings is 1. The highest BCUT2D eigenvalue weighted by atomic mass is 16.5. The predicted molar refractivity (Wildman–Crippen MR) is 105 cm³/mol. The molecule has 0 bridgehead atoms. The Bertz CT molecular complexity index is 817. The largest absolute Gasteiger partial charge is 0.380 e. The first-order valence-corrected chi connectivity index (χ1v) is 9.72. The molecular weight excluding hydrogens is 326 g/mol. The number of nitrogens with one attached hydrogen (secondary N) is 2. The lowest BCUT2D eigenvalue weighted by Gasteiger charge is -2.51. The second kappa shape index (κ2) is 6.65. The molecule has 0 radical (unpaired) electrons. The molecule has 26 heavy (non-hydrogen) atoms. The number of hydrogen-bond acceptors (Lipinski definition) is 6. The van der Waals surface area contributed by atoms with E-state index in [1.165, 1.54) is 19.3 Å². The maximum absolute atomic E-state index is 5.59. The first-order chi connectivity index (χ1) is 12.5. The van der Waals surface area contributed by atoms with Gasteiger partial charge in [0.25, 0.3) is 0 Å². The van der Waals surface area contributed by atoms with Crippen molar-refractivity contribution in [2.75, 3.05) is 30.9 Å². The van der Waals surface area contributed by atoms with Crippen LogP contribution in [-0.2, 0) is 4.74 Å². The Labute approximate surface area is 155 Å². The lowest BCUT2D eigenvalue weighted by atomic mass is 9.65. The van der Waals surface area contributed by atoms with Crippen LogP contribution in [0.5, 0.6) is 0 Å². The molecule has 2 fully saturated rings. The molecule has 1 aliphatic heterocycles. The van der Waals surface area contributed by atoms with Crippen LogP contribution >= 0.6 is 0 Å². The van der Waals surface area contributed by atoms with Crippen molar-refractivity contribution in [2.45, 2.75) is 52.5 Å². The third-order valence-electron chi connectivity index (χ3n) is 6.25. The van der Waals surface area contributed by atoms with Crippen molar-refractivity contribution in [3.63, 3.8) is 0 Å². The topological polar surface area (TPSA) is 72.0 Å². The number of rotatable bonds is 4. The molecular formula is C20H29N5O. The van der Waals surface area contributed by atoms with E-state index in [2.05, 4.69) is 35.5 Å². The highest BCUT2D eigenvalue weighted by molar-refractivity contribution is 5.90. The van der Waals surface area contributed by atoms with Crippen LogP contribution in [-0.4, -0.2) is 41.3 Å². The normalized spacial score (nSPS) is 24.5. The molecule has 1 saturated heterocycles. The third kappa shape index (κ3) is 2.90. The summed E-state index contributed by atoms with van der Waals surface area (Å²) in [6, 6.07) is 2.44. The zero-order valence-electron chi connectivity index (χ0n) is 16.2. The molecule has 1 spiro atoms. The van der Waals surface area contributed by atoms with Gasteiger partial charge in [-0.25, -0.2) is 4.98 Å². The highest BCUT2D eigenvalue weighted by Gasteiger charge is 2.49. The number of fused-ring (bicyclic) bond motifs is 1. The van der Waals surface area contributed by atoms with E-state index in [0.717, 1.165) is 53.7 Å². The molecule has 1 aliphatic carbocycles. The van der Waals surface area contributed by atoms with Gasteiger partial charge in [0.2, 0.25) is 5.95 Å². The molecule has 6 nitrogen and oxygen atoms in total. The smallest absolute Gasteiger partial charge is 0.226 e. The van der Waals surface area contributed by atoms with E-state index in [0.29, 0.717) is 12.0 Å². The standard InChI is InChI=1S/C20H29N5O/c1-5-14-6-7-20(10-26-11-20)15(9-14)23-19-24-17(21-4)16-12(2)8-13(3)22-18(16)25-19/h8,14-15H,5-7,9-11H2,1-4H3,(H2,21,22,23,24,25). The van der Waals surface area contributed by atoms with Gasteiger partial charge in [0.05, 0.1) is 18.6 Å². The van der Waals surface area contributed by atoms with Crippen LogP contribution in [0.15, 0.2) is 6.07 Å². The molecule has 4 rings (SSSR count). The average molecular weight is 355 g/mol. The second-order valence-corrected chi connectivity index (χ2v) is 8.03. The van der Waals surface area contributed by atoms with Gasteiger partial charge in [-0.05, 0) is 50.7 Å². The summed E-state index contributed by atoms with van der Waals surface area (Å²) in [6.07, 6.45) is 4.93. The first kappa shape index (κ1) is 17.5. The maximum Gasteiger partial charge on any atom is 0.226 e. The molecule has 2 atom stereocenters. The van der Waals surface area contributed by atoms with Crippen molar-refractivity contribution in [1.29, 1.82) is 0 Å². The van der Waals surface area contributed by atoms with Gasteiger partial charge >= 0.3 is 0 Å². The SMILES string of the molecule is CCC1CCC2(COC2)C(Nc2nc(NC)c3c(C)cc(C)nc3n2)C1. The number of nitrogens with zero attached hydrogens (tertiary/aromatic N) is 3. The Kier molecular flexibility index (Phi) is 4.47. The summed E-state index contributed by atoms with van der Waals surface area (Å²) in [5.41, 5.74) is 3.14. The molecule has 2 N–H and O–H groups in total. The number of anilines is 2. The van der Waals surface area contributed by atoms with Crippen molar-refractivity contribution in [3.05, 3.63) is 17.3 Å². The summed E-state index contributed by atoms with van der Waals surface area (Å²) in [6.45, 7) is 8.09. The summed E-state index contributed by atoms with van der Waals surface area (Å²) < 4.78 is 5.59. The fourth-order valence-corrected chi connectivity index (χ4v) is 4.54. The molecule has 3 heterocycles. The van der Waals surface area contributed by atoms with Crippen molar-refractivity contribution in [1.82, 2.24) is 15.0 Å². The van der Waals surface area contributed by atoms with Crippen LogP contribution in [0, 0.1) is 25.2 Å². The number of hydrogen-bond donors (Lipinski definition) is 2. The maximum atomic E-state index is 5.59. The fraction of sp³-hybridized carbons (Fsp3) is 0.650. The Morgan fingerprint density at radius 2 is 2.04 bits per heavy atom. The van der Waals surface area contributed by atoms with E-state index in [1.54, 1.807) is 0 Å². The van der Waals surface area contributed by atoms with Crippen LogP contribution in [0.4, 0.5) is 11.8 Å². The Morgan fingerprint density at radius 3 is 2.69 bits per heavy atom. The van der Waals surface area contributed by atoms with Gasteiger partial charge in [-0.1, -0.05) is 13.3 Å². The summed E-state index contributed by atoms with van der Waals surface area (Å²) in [5, 5.41) is 7.88. The fourth-order valence-electron chi connectivity index (χ4n) is 4.54. The molecule has 0 aromatic carbocycles. The van der Waals surface area contributed by atoms with E-state index in [1.807, 2.05) is 14.0 Å². The Morgan fingerprint density at radius 1 is 1.23 bits per heavy atom. The quantitative estimate of drug-likeness (QED) is 0.871. The van der Waals surface area contributed by atoms with Crippen LogP contribution < -0.4 is 10.6 Å². The van der Waals surface area contributed by atoms with Gasteiger partial charge < -0.3 is 15.4 Å². The molecule has 0 amide bonds. The van der Waals surface area contributed by atoms with E-state index >= 15 is 0 Å².